The van der Waals surface area contributed by atoms with Gasteiger partial charge in [-0.3, -0.25) is 0 Å². The molecular formula is C15H22BrN3O2. The van der Waals surface area contributed by atoms with Gasteiger partial charge in [0, 0.05) is 29.8 Å². The summed E-state index contributed by atoms with van der Waals surface area (Å²) in [6.07, 6.45) is 3.51. The zero-order valence-corrected chi connectivity index (χ0v) is 14.3. The molecule has 1 aliphatic heterocycles. The molecule has 0 spiro atoms. The predicted molar refractivity (Wildman–Crippen MR) is 86.4 cm³/mol. The monoisotopic (exact) mass is 355 g/mol. The third-order valence-corrected chi connectivity index (χ3v) is 3.62. The average molecular weight is 356 g/mol. The van der Waals surface area contributed by atoms with E-state index in [-0.39, 0.29) is 12.1 Å². The van der Waals surface area contributed by atoms with Crippen LogP contribution in [0.5, 0.6) is 0 Å². The van der Waals surface area contributed by atoms with Crippen LogP contribution < -0.4 is 5.32 Å². The maximum atomic E-state index is 12.1. The number of amides is 1. The quantitative estimate of drug-likeness (QED) is 0.879. The summed E-state index contributed by atoms with van der Waals surface area (Å²) < 4.78 is 6.38. The van der Waals surface area contributed by atoms with Crippen molar-refractivity contribution < 1.29 is 9.53 Å². The lowest BCUT2D eigenvalue weighted by Gasteiger charge is -2.34. The largest absolute Gasteiger partial charge is 0.444 e. The predicted octanol–water partition coefficient (Wildman–Crippen LogP) is 3.66. The van der Waals surface area contributed by atoms with Crippen molar-refractivity contribution in [3.8, 4) is 0 Å². The van der Waals surface area contributed by atoms with Crippen molar-refractivity contribution in [2.24, 2.45) is 0 Å². The minimum absolute atomic E-state index is 0.208. The molecule has 1 N–H and O–H groups in total. The highest BCUT2D eigenvalue weighted by Gasteiger charge is 2.27. The van der Waals surface area contributed by atoms with Crippen molar-refractivity contribution in [1.82, 2.24) is 9.88 Å². The Balaban J connectivity index is 1.91. The number of halogens is 1. The van der Waals surface area contributed by atoms with Crippen LogP contribution in [0.15, 0.2) is 22.8 Å². The van der Waals surface area contributed by atoms with Crippen LogP contribution in [0.4, 0.5) is 10.6 Å². The number of nitrogens with zero attached hydrogens (tertiary/aromatic N) is 2. The van der Waals surface area contributed by atoms with Gasteiger partial charge in [-0.1, -0.05) is 0 Å². The summed E-state index contributed by atoms with van der Waals surface area (Å²) in [5, 5.41) is 3.37. The second-order valence-electron chi connectivity index (χ2n) is 6.27. The van der Waals surface area contributed by atoms with E-state index in [1.807, 2.05) is 32.9 Å². The fourth-order valence-corrected chi connectivity index (χ4v) is 2.49. The highest BCUT2D eigenvalue weighted by Crippen LogP contribution is 2.18. The standard InChI is InChI=1S/C15H22BrN3O2/c1-15(2,3)21-14(20)19-8-4-5-12(10-19)18-13-7-6-11(16)9-17-13/h6-7,9,12H,4-5,8,10H2,1-3H3,(H,17,18)/t12-/m0/s1. The molecule has 0 aliphatic carbocycles. The van der Waals surface area contributed by atoms with Gasteiger partial charge in [0.1, 0.15) is 11.4 Å². The van der Waals surface area contributed by atoms with E-state index in [1.165, 1.54) is 0 Å². The second-order valence-corrected chi connectivity index (χ2v) is 7.19. The van der Waals surface area contributed by atoms with Gasteiger partial charge < -0.3 is 15.0 Å². The van der Waals surface area contributed by atoms with Crippen LogP contribution in [0.25, 0.3) is 0 Å². The molecular weight excluding hydrogens is 334 g/mol. The highest BCUT2D eigenvalue weighted by atomic mass is 79.9. The zero-order chi connectivity index (χ0) is 15.5. The van der Waals surface area contributed by atoms with E-state index in [1.54, 1.807) is 11.1 Å². The van der Waals surface area contributed by atoms with Gasteiger partial charge in [0.25, 0.3) is 0 Å². The summed E-state index contributed by atoms with van der Waals surface area (Å²) in [4.78, 5) is 18.2. The molecule has 1 amide bonds. The molecule has 0 bridgehead atoms. The molecule has 6 heteroatoms. The van der Waals surface area contributed by atoms with Crippen LogP contribution in [0.1, 0.15) is 33.6 Å². The smallest absolute Gasteiger partial charge is 0.410 e. The normalized spacial score (nSPS) is 19.2. The minimum atomic E-state index is -0.454. The van der Waals surface area contributed by atoms with E-state index < -0.39 is 5.60 Å². The van der Waals surface area contributed by atoms with Gasteiger partial charge in [-0.05, 0) is 61.7 Å². The molecule has 0 saturated carbocycles. The Hall–Kier alpha value is -1.30. The van der Waals surface area contributed by atoms with Crippen LogP contribution in [-0.4, -0.2) is 40.7 Å². The van der Waals surface area contributed by atoms with Crippen molar-refractivity contribution in [2.75, 3.05) is 18.4 Å². The van der Waals surface area contributed by atoms with Crippen molar-refractivity contribution in [1.29, 1.82) is 0 Å². The van der Waals surface area contributed by atoms with E-state index in [9.17, 15) is 4.79 Å². The third-order valence-electron chi connectivity index (χ3n) is 3.15. The van der Waals surface area contributed by atoms with Crippen LogP contribution >= 0.6 is 15.9 Å². The molecule has 1 aromatic rings. The first kappa shape index (κ1) is 16.1. The van der Waals surface area contributed by atoms with Gasteiger partial charge in [0.05, 0.1) is 0 Å². The number of likely N-dealkylation sites (tertiary alicyclic amines) is 1. The van der Waals surface area contributed by atoms with Gasteiger partial charge in [0.2, 0.25) is 0 Å². The van der Waals surface area contributed by atoms with Crippen molar-refractivity contribution in [3.63, 3.8) is 0 Å². The molecule has 5 nitrogen and oxygen atoms in total. The number of carbonyl (C=O) groups excluding carboxylic acids is 1. The molecule has 1 aromatic heterocycles. The summed E-state index contributed by atoms with van der Waals surface area (Å²) in [6, 6.07) is 4.08. The van der Waals surface area contributed by atoms with E-state index in [0.717, 1.165) is 29.7 Å². The molecule has 1 saturated heterocycles. The van der Waals surface area contributed by atoms with E-state index in [2.05, 4.69) is 26.2 Å². The topological polar surface area (TPSA) is 54.5 Å². The van der Waals surface area contributed by atoms with Gasteiger partial charge in [-0.25, -0.2) is 9.78 Å². The van der Waals surface area contributed by atoms with E-state index in [4.69, 9.17) is 4.74 Å². The molecule has 21 heavy (non-hydrogen) atoms. The highest BCUT2D eigenvalue weighted by molar-refractivity contribution is 9.10. The maximum Gasteiger partial charge on any atom is 0.410 e. The molecule has 0 radical (unpaired) electrons. The average Bonchev–Trinajstić information content (AvgIpc) is 2.40. The lowest BCUT2D eigenvalue weighted by atomic mass is 10.1. The van der Waals surface area contributed by atoms with Crippen molar-refractivity contribution in [3.05, 3.63) is 22.8 Å². The molecule has 0 unspecified atom stereocenters. The van der Waals surface area contributed by atoms with Gasteiger partial charge >= 0.3 is 6.09 Å². The Morgan fingerprint density at radius 1 is 1.48 bits per heavy atom. The number of hydrogen-bond donors (Lipinski definition) is 1. The summed E-state index contributed by atoms with van der Waals surface area (Å²) in [5.41, 5.74) is -0.454. The SMILES string of the molecule is CC(C)(C)OC(=O)N1CCC[C@H](Nc2ccc(Br)cn2)C1. The Kier molecular flexibility index (Phi) is 5.08. The Morgan fingerprint density at radius 3 is 2.86 bits per heavy atom. The summed E-state index contributed by atoms with van der Waals surface area (Å²) in [5.74, 6) is 0.828. The first-order valence-electron chi connectivity index (χ1n) is 7.19. The second kappa shape index (κ2) is 6.64. The lowest BCUT2D eigenvalue weighted by molar-refractivity contribution is 0.0206. The zero-order valence-electron chi connectivity index (χ0n) is 12.7. The molecule has 0 aromatic carbocycles. The third kappa shape index (κ3) is 5.19. The summed E-state index contributed by atoms with van der Waals surface area (Å²) in [6.45, 7) is 7.05. The Labute approximate surface area is 134 Å². The molecule has 1 aliphatic rings. The van der Waals surface area contributed by atoms with Crippen LogP contribution in [0, 0.1) is 0 Å². The minimum Gasteiger partial charge on any atom is -0.444 e. The van der Waals surface area contributed by atoms with Crippen molar-refractivity contribution >= 4 is 27.8 Å². The number of carbonyl (C=O) groups is 1. The Bertz CT molecular complexity index is 485. The molecule has 1 fully saturated rings. The summed E-state index contributed by atoms with van der Waals surface area (Å²) >= 11 is 3.37. The van der Waals surface area contributed by atoms with E-state index in [0.29, 0.717) is 6.54 Å². The molecule has 1 atom stereocenters. The number of pyridine rings is 1. The lowest BCUT2D eigenvalue weighted by Crippen LogP contribution is -2.47. The molecule has 2 heterocycles. The van der Waals surface area contributed by atoms with Crippen LogP contribution in [-0.2, 0) is 4.74 Å². The Morgan fingerprint density at radius 2 is 2.24 bits per heavy atom. The van der Waals surface area contributed by atoms with Crippen LogP contribution in [0.2, 0.25) is 0 Å². The number of nitrogens with one attached hydrogen (secondary N) is 1. The number of piperidine rings is 1. The molecule has 116 valence electrons. The first-order chi connectivity index (χ1) is 9.83. The van der Waals surface area contributed by atoms with Gasteiger partial charge in [0.15, 0.2) is 0 Å². The maximum absolute atomic E-state index is 12.1. The van der Waals surface area contributed by atoms with Crippen LogP contribution in [0.3, 0.4) is 0 Å². The number of hydrogen-bond acceptors (Lipinski definition) is 4. The summed E-state index contributed by atoms with van der Waals surface area (Å²) in [7, 11) is 0. The fraction of sp³-hybridized carbons (Fsp3) is 0.600. The van der Waals surface area contributed by atoms with Crippen molar-refractivity contribution in [2.45, 2.75) is 45.3 Å². The fourth-order valence-electron chi connectivity index (χ4n) is 2.26. The van der Waals surface area contributed by atoms with E-state index >= 15 is 0 Å². The number of aromatic nitrogens is 1. The number of anilines is 1. The number of rotatable bonds is 2. The molecule has 2 rings (SSSR count). The van der Waals surface area contributed by atoms with Gasteiger partial charge in [-0.2, -0.15) is 0 Å². The first-order valence-corrected chi connectivity index (χ1v) is 7.99. The number of ether oxygens (including phenoxy) is 1. The van der Waals surface area contributed by atoms with Gasteiger partial charge in [-0.15, -0.1) is 0 Å².